The van der Waals surface area contributed by atoms with Gasteiger partial charge in [-0.1, -0.05) is 46.7 Å². The number of halogens is 3. The van der Waals surface area contributed by atoms with Gasteiger partial charge in [0.2, 0.25) is 0 Å². The van der Waals surface area contributed by atoms with Gasteiger partial charge < -0.3 is 9.15 Å². The van der Waals surface area contributed by atoms with Gasteiger partial charge in [0.15, 0.2) is 4.80 Å². The molecular weight excluding hydrogens is 538 g/mol. The second-order valence-electron chi connectivity index (χ2n) is 8.18. The van der Waals surface area contributed by atoms with Crippen LogP contribution >= 0.6 is 34.5 Å². The number of thiazole rings is 1. The van der Waals surface area contributed by atoms with Gasteiger partial charge in [0.05, 0.1) is 32.5 Å². The van der Waals surface area contributed by atoms with Gasteiger partial charge in [0.25, 0.3) is 5.56 Å². The first kappa shape index (κ1) is 25.2. The lowest BCUT2D eigenvalue weighted by atomic mass is 10.0. The molecule has 5 rings (SSSR count). The van der Waals surface area contributed by atoms with Gasteiger partial charge in [0, 0.05) is 5.56 Å². The van der Waals surface area contributed by atoms with Crippen LogP contribution in [0, 0.1) is 5.82 Å². The van der Waals surface area contributed by atoms with E-state index in [1.54, 1.807) is 62.4 Å². The van der Waals surface area contributed by atoms with Crippen LogP contribution in [0.2, 0.25) is 10.0 Å². The number of fused-ring (bicyclic) bond motifs is 1. The minimum atomic E-state index is -0.901. The summed E-state index contributed by atoms with van der Waals surface area (Å²) in [5, 5.41) is 0.780. The second-order valence-corrected chi connectivity index (χ2v) is 10.0. The van der Waals surface area contributed by atoms with Crippen LogP contribution in [0.4, 0.5) is 4.39 Å². The summed E-state index contributed by atoms with van der Waals surface area (Å²) in [5.41, 5.74) is 1.61. The predicted octanol–water partition coefficient (Wildman–Crippen LogP) is 5.50. The van der Waals surface area contributed by atoms with Gasteiger partial charge in [-0.05, 0) is 68.0 Å². The third-order valence-corrected chi connectivity index (χ3v) is 7.51. The van der Waals surface area contributed by atoms with E-state index in [0.29, 0.717) is 47.7 Å². The molecule has 2 aromatic heterocycles. The second kappa shape index (κ2) is 10.1. The summed E-state index contributed by atoms with van der Waals surface area (Å²) in [7, 11) is 0. The Bertz CT molecular complexity index is 1730. The van der Waals surface area contributed by atoms with Crippen LogP contribution in [-0.4, -0.2) is 17.1 Å². The highest BCUT2D eigenvalue weighted by Crippen LogP contribution is 2.35. The van der Waals surface area contributed by atoms with Gasteiger partial charge in [-0.15, -0.1) is 0 Å². The standard InChI is InChI=1S/C27H19Cl2FN2O4S/c1-3-35-26(34)23-14(2)31-27-32(25(33)22(37-27)12-15-4-7-17(30)8-5-15)24(23)21-11-10-20(36-21)16-6-9-18(28)19(29)13-16/h4-13,24H,3H2,1-2H3/b22-12-/t24-/m1/s1. The highest BCUT2D eigenvalue weighted by Gasteiger charge is 2.35. The normalized spacial score (nSPS) is 15.5. The van der Waals surface area contributed by atoms with Gasteiger partial charge in [-0.2, -0.15) is 0 Å². The van der Waals surface area contributed by atoms with Gasteiger partial charge in [-0.25, -0.2) is 14.2 Å². The fourth-order valence-corrected chi connectivity index (χ4v) is 5.42. The van der Waals surface area contributed by atoms with Crippen molar-refractivity contribution in [3.05, 3.63) is 113 Å². The third kappa shape index (κ3) is 4.80. The van der Waals surface area contributed by atoms with E-state index in [-0.39, 0.29) is 23.6 Å². The molecular formula is C27H19Cl2FN2O4S. The Labute approximate surface area is 224 Å². The number of carbonyl (C=O) groups is 1. The molecule has 0 saturated carbocycles. The molecule has 37 heavy (non-hydrogen) atoms. The van der Waals surface area contributed by atoms with E-state index < -0.39 is 12.0 Å². The van der Waals surface area contributed by atoms with Crippen molar-refractivity contribution in [2.24, 2.45) is 4.99 Å². The zero-order valence-corrected chi connectivity index (χ0v) is 22.0. The Balaban J connectivity index is 1.68. The maximum Gasteiger partial charge on any atom is 0.338 e. The molecule has 0 spiro atoms. The van der Waals surface area contributed by atoms with E-state index in [2.05, 4.69) is 4.99 Å². The molecule has 0 fully saturated rings. The Morgan fingerprint density at radius 1 is 1.16 bits per heavy atom. The summed E-state index contributed by atoms with van der Waals surface area (Å²) < 4.78 is 26.6. The fraction of sp³-hybridized carbons (Fsp3) is 0.148. The molecule has 3 heterocycles. The van der Waals surface area contributed by atoms with Crippen molar-refractivity contribution in [2.75, 3.05) is 6.61 Å². The van der Waals surface area contributed by atoms with Crippen LogP contribution in [0.25, 0.3) is 17.4 Å². The first-order valence-corrected chi connectivity index (χ1v) is 12.8. The SMILES string of the molecule is CCOC(=O)C1=C(C)N=c2s/c(=C\c3ccc(F)cc3)c(=O)n2[C@@H]1c1ccc(-c2ccc(Cl)c(Cl)c2)o1. The maximum atomic E-state index is 13.6. The zero-order valence-electron chi connectivity index (χ0n) is 19.6. The number of rotatable bonds is 5. The van der Waals surface area contributed by atoms with Gasteiger partial charge in [-0.3, -0.25) is 9.36 Å². The number of carbonyl (C=O) groups excluding carboxylic acids is 1. The number of nitrogens with zero attached hydrogens (tertiary/aromatic N) is 2. The topological polar surface area (TPSA) is 73.8 Å². The number of esters is 1. The third-order valence-electron chi connectivity index (χ3n) is 5.79. The number of allylic oxidation sites excluding steroid dienone is 1. The predicted molar refractivity (Wildman–Crippen MR) is 141 cm³/mol. The van der Waals surface area contributed by atoms with E-state index in [4.69, 9.17) is 32.4 Å². The van der Waals surface area contributed by atoms with Gasteiger partial charge >= 0.3 is 5.97 Å². The largest absolute Gasteiger partial charge is 0.463 e. The molecule has 1 aliphatic rings. The quantitative estimate of drug-likeness (QED) is 0.304. The first-order chi connectivity index (χ1) is 17.8. The summed E-state index contributed by atoms with van der Waals surface area (Å²) in [6.45, 7) is 3.55. The number of ether oxygens (including phenoxy) is 1. The summed E-state index contributed by atoms with van der Waals surface area (Å²) in [6.07, 6.45) is 1.66. The average Bonchev–Trinajstić information content (AvgIpc) is 3.47. The molecule has 1 aliphatic heterocycles. The van der Waals surface area contributed by atoms with Crippen LogP contribution in [0.5, 0.6) is 0 Å². The molecule has 6 nitrogen and oxygen atoms in total. The lowest BCUT2D eigenvalue weighted by molar-refractivity contribution is -0.139. The van der Waals surface area contributed by atoms with E-state index >= 15 is 0 Å². The van der Waals surface area contributed by atoms with Crippen molar-refractivity contribution in [1.82, 2.24) is 4.57 Å². The molecule has 0 aliphatic carbocycles. The summed E-state index contributed by atoms with van der Waals surface area (Å²) in [6, 6.07) is 13.4. The van der Waals surface area contributed by atoms with Crippen molar-refractivity contribution in [3.63, 3.8) is 0 Å². The molecule has 0 unspecified atom stereocenters. The van der Waals surface area contributed by atoms with Crippen molar-refractivity contribution < 1.29 is 18.3 Å². The molecule has 0 amide bonds. The Morgan fingerprint density at radius 2 is 1.92 bits per heavy atom. The summed E-state index contributed by atoms with van der Waals surface area (Å²) >= 11 is 13.4. The molecule has 0 bridgehead atoms. The lowest BCUT2D eigenvalue weighted by Gasteiger charge is -2.22. The number of hydrogen-bond acceptors (Lipinski definition) is 6. The summed E-state index contributed by atoms with van der Waals surface area (Å²) in [5.74, 6) is -0.120. The van der Waals surface area contributed by atoms with E-state index in [0.717, 1.165) is 0 Å². The van der Waals surface area contributed by atoms with E-state index in [1.807, 2.05) is 0 Å². The fourth-order valence-electron chi connectivity index (χ4n) is 4.08. The number of hydrogen-bond donors (Lipinski definition) is 0. The average molecular weight is 557 g/mol. The molecule has 1 atom stereocenters. The van der Waals surface area contributed by atoms with Gasteiger partial charge in [0.1, 0.15) is 23.4 Å². The van der Waals surface area contributed by atoms with Crippen molar-refractivity contribution in [3.8, 4) is 11.3 Å². The summed E-state index contributed by atoms with van der Waals surface area (Å²) in [4.78, 5) is 31.6. The smallest absolute Gasteiger partial charge is 0.338 e. The number of furan rings is 1. The van der Waals surface area contributed by atoms with Crippen LogP contribution < -0.4 is 14.9 Å². The molecule has 0 saturated heterocycles. The molecule has 188 valence electrons. The number of benzene rings is 2. The Hall–Kier alpha value is -3.46. The highest BCUT2D eigenvalue weighted by molar-refractivity contribution is 7.07. The molecule has 10 heteroatoms. The van der Waals surface area contributed by atoms with Crippen LogP contribution in [0.1, 0.15) is 31.2 Å². The minimum absolute atomic E-state index is 0.157. The molecule has 0 N–H and O–H groups in total. The van der Waals surface area contributed by atoms with Crippen LogP contribution in [0.3, 0.4) is 0 Å². The lowest BCUT2D eigenvalue weighted by Crippen LogP contribution is -2.39. The maximum absolute atomic E-state index is 13.6. The van der Waals surface area contributed by atoms with Crippen LogP contribution in [0.15, 0.2) is 80.1 Å². The highest BCUT2D eigenvalue weighted by atomic mass is 35.5. The molecule has 0 radical (unpaired) electrons. The Kier molecular flexibility index (Phi) is 6.90. The molecule has 2 aromatic carbocycles. The molecule has 4 aromatic rings. The van der Waals surface area contributed by atoms with E-state index in [1.165, 1.54) is 28.0 Å². The minimum Gasteiger partial charge on any atom is -0.463 e. The first-order valence-electron chi connectivity index (χ1n) is 11.3. The number of aromatic nitrogens is 1. The van der Waals surface area contributed by atoms with Crippen molar-refractivity contribution in [1.29, 1.82) is 0 Å². The zero-order chi connectivity index (χ0) is 26.3. The van der Waals surface area contributed by atoms with E-state index in [9.17, 15) is 14.0 Å². The van der Waals surface area contributed by atoms with Crippen molar-refractivity contribution in [2.45, 2.75) is 19.9 Å². The Morgan fingerprint density at radius 3 is 2.62 bits per heavy atom. The monoisotopic (exact) mass is 556 g/mol. The van der Waals surface area contributed by atoms with Crippen LogP contribution in [-0.2, 0) is 9.53 Å². The van der Waals surface area contributed by atoms with Crippen molar-refractivity contribution >= 4 is 46.6 Å².